The maximum absolute atomic E-state index is 12.7. The van der Waals surface area contributed by atoms with Crippen LogP contribution in [-0.2, 0) is 16.1 Å². The lowest BCUT2D eigenvalue weighted by molar-refractivity contribution is -0.138. The van der Waals surface area contributed by atoms with E-state index in [0.717, 1.165) is 16.8 Å². The molecule has 0 atom stereocenters. The predicted octanol–water partition coefficient (Wildman–Crippen LogP) is 4.43. The lowest BCUT2D eigenvalue weighted by Gasteiger charge is -2.15. The van der Waals surface area contributed by atoms with Gasteiger partial charge < -0.3 is 15.7 Å². The fraction of sp³-hybridized carbons (Fsp3) is 0.217. The minimum atomic E-state index is -1.05. The summed E-state index contributed by atoms with van der Waals surface area (Å²) < 4.78 is 0. The van der Waals surface area contributed by atoms with Crippen LogP contribution < -0.4 is 16.0 Å². The number of carbonyl (C=O) groups is 3. The van der Waals surface area contributed by atoms with E-state index in [1.165, 1.54) is 11.3 Å². The highest BCUT2D eigenvalue weighted by molar-refractivity contribution is 7.13. The Labute approximate surface area is 189 Å². The number of thiazole rings is 1. The topological polar surface area (TPSA) is 120 Å². The quantitative estimate of drug-likeness (QED) is 0.381. The summed E-state index contributed by atoms with van der Waals surface area (Å²) in [6, 6.07) is 12.9. The van der Waals surface area contributed by atoms with Crippen LogP contribution in [0.15, 0.2) is 47.8 Å². The summed E-state index contributed by atoms with van der Waals surface area (Å²) >= 11 is 1.33. The molecule has 2 amide bonds. The Hall–Kier alpha value is -3.72. The summed E-state index contributed by atoms with van der Waals surface area (Å²) in [6.45, 7) is 4.37. The molecular weight excluding hydrogens is 428 g/mol. The van der Waals surface area contributed by atoms with Gasteiger partial charge in [0.05, 0.1) is 23.5 Å². The molecule has 166 valence electrons. The normalized spacial score (nSPS) is 10.4. The maximum atomic E-state index is 12.7. The minimum absolute atomic E-state index is 0.165. The smallest absolute Gasteiger partial charge is 0.303 e. The molecule has 4 N–H and O–H groups in total. The highest BCUT2D eigenvalue weighted by atomic mass is 32.1. The first-order valence-corrected chi connectivity index (χ1v) is 10.9. The van der Waals surface area contributed by atoms with Gasteiger partial charge in [0, 0.05) is 23.9 Å². The number of anilines is 3. The summed E-state index contributed by atoms with van der Waals surface area (Å²) in [5.41, 5.74) is 4.40. The molecule has 0 unspecified atom stereocenters. The van der Waals surface area contributed by atoms with Gasteiger partial charge >= 0.3 is 5.97 Å². The van der Waals surface area contributed by atoms with Gasteiger partial charge in [-0.2, -0.15) is 0 Å². The van der Waals surface area contributed by atoms with E-state index in [0.29, 0.717) is 28.6 Å². The van der Waals surface area contributed by atoms with Crippen molar-refractivity contribution in [1.29, 1.82) is 0 Å². The molecule has 1 heterocycles. The molecule has 8 nitrogen and oxygen atoms in total. The van der Waals surface area contributed by atoms with E-state index in [1.807, 2.05) is 43.5 Å². The molecule has 0 aliphatic heterocycles. The first kappa shape index (κ1) is 23.0. The standard InChI is InChI=1S/C23H24N4O4S/c1-14-5-3-4-6-17(14)12-24-18-8-7-16(22(31)27-23-25-15(2)13-32-23)11-19(18)26-20(28)9-10-21(29)30/h3-8,11,13,24H,9-10,12H2,1-2H3,(H,26,28)(H,29,30)(H,25,27,31). The number of nitrogens with zero attached hydrogens (tertiary/aromatic N) is 1. The molecule has 3 rings (SSSR count). The SMILES string of the molecule is Cc1csc(NC(=O)c2ccc(NCc3ccccc3C)c(NC(=O)CCC(=O)O)c2)n1. The summed E-state index contributed by atoms with van der Waals surface area (Å²) in [5, 5.41) is 19.9. The summed E-state index contributed by atoms with van der Waals surface area (Å²) in [6.07, 6.45) is -0.442. The van der Waals surface area contributed by atoms with Crippen LogP contribution in [0.4, 0.5) is 16.5 Å². The molecule has 0 saturated heterocycles. The Balaban J connectivity index is 1.80. The van der Waals surface area contributed by atoms with Gasteiger partial charge in [0.1, 0.15) is 0 Å². The van der Waals surface area contributed by atoms with E-state index in [9.17, 15) is 14.4 Å². The zero-order valence-corrected chi connectivity index (χ0v) is 18.6. The molecule has 0 radical (unpaired) electrons. The number of carbonyl (C=O) groups excluding carboxylic acids is 2. The summed E-state index contributed by atoms with van der Waals surface area (Å²) in [5.74, 6) is -1.85. The Kier molecular flexibility index (Phi) is 7.56. The van der Waals surface area contributed by atoms with Gasteiger partial charge in [-0.3, -0.25) is 19.7 Å². The number of rotatable bonds is 9. The number of amides is 2. The van der Waals surface area contributed by atoms with Crippen molar-refractivity contribution in [3.05, 3.63) is 70.2 Å². The van der Waals surface area contributed by atoms with Crippen molar-refractivity contribution < 1.29 is 19.5 Å². The first-order valence-electron chi connectivity index (χ1n) is 9.99. The van der Waals surface area contributed by atoms with Crippen molar-refractivity contribution in [3.63, 3.8) is 0 Å². The second kappa shape index (κ2) is 10.5. The molecule has 2 aromatic carbocycles. The molecule has 0 saturated carbocycles. The second-order valence-electron chi connectivity index (χ2n) is 7.23. The number of hydrogen-bond acceptors (Lipinski definition) is 6. The number of carboxylic acids is 1. The van der Waals surface area contributed by atoms with Gasteiger partial charge in [0.2, 0.25) is 5.91 Å². The predicted molar refractivity (Wildman–Crippen MR) is 125 cm³/mol. The van der Waals surface area contributed by atoms with Gasteiger partial charge in [0.25, 0.3) is 5.91 Å². The van der Waals surface area contributed by atoms with Crippen LogP contribution in [0.1, 0.15) is 40.0 Å². The molecule has 0 fully saturated rings. The highest BCUT2D eigenvalue weighted by Crippen LogP contribution is 2.26. The largest absolute Gasteiger partial charge is 0.481 e. The van der Waals surface area contributed by atoms with E-state index in [2.05, 4.69) is 20.9 Å². The van der Waals surface area contributed by atoms with Crippen molar-refractivity contribution in [3.8, 4) is 0 Å². The Morgan fingerprint density at radius 1 is 1.00 bits per heavy atom. The summed E-state index contributed by atoms with van der Waals surface area (Å²) in [7, 11) is 0. The van der Waals surface area contributed by atoms with Gasteiger partial charge in [0.15, 0.2) is 5.13 Å². The van der Waals surface area contributed by atoms with Crippen LogP contribution in [0.25, 0.3) is 0 Å². The minimum Gasteiger partial charge on any atom is -0.481 e. The average molecular weight is 453 g/mol. The van der Waals surface area contributed by atoms with Crippen molar-refractivity contribution in [2.75, 3.05) is 16.0 Å². The van der Waals surface area contributed by atoms with Crippen molar-refractivity contribution >= 4 is 45.6 Å². The third kappa shape index (κ3) is 6.39. The lowest BCUT2D eigenvalue weighted by atomic mass is 10.1. The number of hydrogen-bond donors (Lipinski definition) is 4. The molecular formula is C23H24N4O4S. The maximum Gasteiger partial charge on any atom is 0.303 e. The zero-order valence-electron chi connectivity index (χ0n) is 17.8. The van der Waals surface area contributed by atoms with Crippen molar-refractivity contribution in [2.24, 2.45) is 0 Å². The zero-order chi connectivity index (χ0) is 23.1. The number of nitrogens with one attached hydrogen (secondary N) is 3. The van der Waals surface area contributed by atoms with Crippen molar-refractivity contribution in [1.82, 2.24) is 4.98 Å². The van der Waals surface area contributed by atoms with E-state index < -0.39 is 11.9 Å². The van der Waals surface area contributed by atoms with Gasteiger partial charge in [-0.15, -0.1) is 11.3 Å². The first-order chi connectivity index (χ1) is 15.3. The van der Waals surface area contributed by atoms with Crippen LogP contribution in [0.2, 0.25) is 0 Å². The molecule has 32 heavy (non-hydrogen) atoms. The van der Waals surface area contributed by atoms with Crippen LogP contribution in [-0.4, -0.2) is 27.9 Å². The van der Waals surface area contributed by atoms with Crippen LogP contribution >= 0.6 is 11.3 Å². The number of aliphatic carboxylic acids is 1. The number of aryl methyl sites for hydroxylation is 2. The molecule has 0 spiro atoms. The third-order valence-corrected chi connectivity index (χ3v) is 5.57. The van der Waals surface area contributed by atoms with E-state index in [-0.39, 0.29) is 18.7 Å². The van der Waals surface area contributed by atoms with E-state index in [4.69, 9.17) is 5.11 Å². The monoisotopic (exact) mass is 452 g/mol. The Morgan fingerprint density at radius 2 is 1.78 bits per heavy atom. The average Bonchev–Trinajstić information content (AvgIpc) is 3.16. The van der Waals surface area contributed by atoms with Crippen LogP contribution in [0.5, 0.6) is 0 Å². The number of benzene rings is 2. The van der Waals surface area contributed by atoms with E-state index in [1.54, 1.807) is 18.2 Å². The van der Waals surface area contributed by atoms with Crippen LogP contribution in [0.3, 0.4) is 0 Å². The van der Waals surface area contributed by atoms with Gasteiger partial charge in [-0.25, -0.2) is 4.98 Å². The lowest BCUT2D eigenvalue weighted by Crippen LogP contribution is -2.17. The molecule has 0 aliphatic rings. The third-order valence-electron chi connectivity index (χ3n) is 4.69. The molecule has 1 aromatic heterocycles. The molecule has 0 bridgehead atoms. The Bertz CT molecular complexity index is 1140. The van der Waals surface area contributed by atoms with E-state index >= 15 is 0 Å². The second-order valence-corrected chi connectivity index (χ2v) is 8.09. The Morgan fingerprint density at radius 3 is 2.47 bits per heavy atom. The number of aromatic nitrogens is 1. The molecule has 3 aromatic rings. The fourth-order valence-electron chi connectivity index (χ4n) is 2.96. The number of carboxylic acid groups (broad SMARTS) is 1. The van der Waals surface area contributed by atoms with Crippen molar-refractivity contribution in [2.45, 2.75) is 33.2 Å². The van der Waals surface area contributed by atoms with Gasteiger partial charge in [-0.1, -0.05) is 24.3 Å². The highest BCUT2D eigenvalue weighted by Gasteiger charge is 2.14. The molecule has 9 heteroatoms. The van der Waals surface area contributed by atoms with Gasteiger partial charge in [-0.05, 0) is 43.2 Å². The summed E-state index contributed by atoms with van der Waals surface area (Å²) in [4.78, 5) is 39.9. The fourth-order valence-corrected chi connectivity index (χ4v) is 3.64. The molecule has 0 aliphatic carbocycles. The van der Waals surface area contributed by atoms with Crippen LogP contribution in [0, 0.1) is 13.8 Å².